The van der Waals surface area contributed by atoms with Crippen molar-refractivity contribution in [2.24, 2.45) is 0 Å². The first-order valence-electron chi connectivity index (χ1n) is 14.2. The number of carbonyl (C=O) groups excluding carboxylic acids is 4. The van der Waals surface area contributed by atoms with Gasteiger partial charge in [-0.1, -0.05) is 54.6 Å². The minimum Gasteiger partial charge on any atom is -0.307 e. The van der Waals surface area contributed by atoms with Crippen molar-refractivity contribution >= 4 is 40.7 Å². The molecule has 0 radical (unpaired) electrons. The molecule has 44 heavy (non-hydrogen) atoms. The molecule has 10 nitrogen and oxygen atoms in total. The molecule has 0 aliphatic carbocycles. The van der Waals surface area contributed by atoms with E-state index in [0.29, 0.717) is 23.4 Å². The Kier molecular flexibility index (Phi) is 7.26. The molecule has 4 aromatic rings. The molecule has 0 aromatic heterocycles. The van der Waals surface area contributed by atoms with Crippen LogP contribution in [0.5, 0.6) is 0 Å². The zero-order chi connectivity index (χ0) is 31.1. The molecule has 2 aliphatic heterocycles. The van der Waals surface area contributed by atoms with E-state index in [1.165, 1.54) is 18.2 Å². The summed E-state index contributed by atoms with van der Waals surface area (Å²) in [6.45, 7) is 3.41. The molecule has 2 aliphatic rings. The number of fused-ring (bicyclic) bond motifs is 2. The summed E-state index contributed by atoms with van der Waals surface area (Å²) in [5.74, 6) is -1.87. The van der Waals surface area contributed by atoms with Gasteiger partial charge in [-0.25, -0.2) is 0 Å². The van der Waals surface area contributed by atoms with Gasteiger partial charge in [-0.05, 0) is 62.2 Å². The van der Waals surface area contributed by atoms with Crippen molar-refractivity contribution in [2.45, 2.75) is 38.4 Å². The number of hydrogen-bond acceptors (Lipinski definition) is 6. The third-order valence-electron chi connectivity index (χ3n) is 8.24. The van der Waals surface area contributed by atoms with Gasteiger partial charge in [0.2, 0.25) is 5.91 Å². The summed E-state index contributed by atoms with van der Waals surface area (Å²) in [6.07, 6.45) is 0.327. The lowest BCUT2D eigenvalue weighted by Gasteiger charge is -2.44. The van der Waals surface area contributed by atoms with Crippen LogP contribution in [0, 0.1) is 10.1 Å². The molecule has 2 heterocycles. The van der Waals surface area contributed by atoms with Crippen LogP contribution in [0.25, 0.3) is 0 Å². The number of hydrogen-bond donors (Lipinski definition) is 0. The Balaban J connectivity index is 1.39. The van der Waals surface area contributed by atoms with Crippen molar-refractivity contribution in [2.75, 3.05) is 9.80 Å². The summed E-state index contributed by atoms with van der Waals surface area (Å²) in [5.41, 5.74) is 2.33. The second kappa shape index (κ2) is 11.2. The van der Waals surface area contributed by atoms with E-state index in [4.69, 9.17) is 0 Å². The van der Waals surface area contributed by atoms with Crippen LogP contribution in [0.15, 0.2) is 103 Å². The minimum atomic E-state index is -1.08. The fourth-order valence-corrected chi connectivity index (χ4v) is 6.15. The zero-order valence-electron chi connectivity index (χ0n) is 24.0. The standard InChI is InChI=1S/C34H28N4O6/c1-21-19-30(37(24-12-4-3-5-13-24)32(40)23-11-10-14-25(20-23)38(43)44)28-17-8-9-18-29(28)35(21)31(39)22(2)36-33(41)26-15-6-7-16-27(26)34(36)42/h3-18,20-22,30H,19H2,1-2H3/t21-,22-,30+/m1/s1. The Morgan fingerprint density at radius 3 is 2.14 bits per heavy atom. The smallest absolute Gasteiger partial charge is 0.270 e. The van der Waals surface area contributed by atoms with Gasteiger partial charge in [-0.3, -0.25) is 34.2 Å². The van der Waals surface area contributed by atoms with Gasteiger partial charge in [0.15, 0.2) is 0 Å². The lowest BCUT2D eigenvalue weighted by Crippen LogP contribution is -2.55. The number of nitro groups is 1. The third-order valence-corrected chi connectivity index (χ3v) is 8.24. The van der Waals surface area contributed by atoms with Crippen molar-refractivity contribution < 1.29 is 24.1 Å². The van der Waals surface area contributed by atoms with E-state index in [1.54, 1.807) is 83.5 Å². The van der Waals surface area contributed by atoms with E-state index >= 15 is 0 Å². The van der Waals surface area contributed by atoms with Crippen molar-refractivity contribution in [3.63, 3.8) is 0 Å². The Morgan fingerprint density at radius 2 is 1.48 bits per heavy atom. The average Bonchev–Trinajstić information content (AvgIpc) is 3.30. The normalized spacial score (nSPS) is 18.0. The van der Waals surface area contributed by atoms with Crippen molar-refractivity contribution in [1.82, 2.24) is 4.90 Å². The topological polar surface area (TPSA) is 121 Å². The number of amides is 4. The highest BCUT2D eigenvalue weighted by Crippen LogP contribution is 2.43. The van der Waals surface area contributed by atoms with Gasteiger partial charge in [-0.15, -0.1) is 0 Å². The predicted octanol–water partition coefficient (Wildman–Crippen LogP) is 5.79. The van der Waals surface area contributed by atoms with Gasteiger partial charge < -0.3 is 9.80 Å². The molecule has 3 atom stereocenters. The number of non-ortho nitro benzene ring substituents is 1. The second-order valence-electron chi connectivity index (χ2n) is 10.9. The molecule has 0 bridgehead atoms. The molecule has 0 fully saturated rings. The molecule has 0 saturated carbocycles. The van der Waals surface area contributed by atoms with E-state index < -0.39 is 46.7 Å². The van der Waals surface area contributed by atoms with E-state index in [1.807, 2.05) is 25.1 Å². The quantitative estimate of drug-likeness (QED) is 0.160. The van der Waals surface area contributed by atoms with Crippen LogP contribution in [0.3, 0.4) is 0 Å². The number of imide groups is 1. The summed E-state index contributed by atoms with van der Waals surface area (Å²) >= 11 is 0. The summed E-state index contributed by atoms with van der Waals surface area (Å²) in [4.78, 5) is 69.8. The van der Waals surface area contributed by atoms with Crippen LogP contribution < -0.4 is 9.80 Å². The third kappa shape index (κ3) is 4.70. The SMILES string of the molecule is C[C@H](C(=O)N1c2ccccc2[C@@H](N(C(=O)c2cccc([N+](=O)[O-])c2)c2ccccc2)C[C@H]1C)N1C(=O)c2ccccc2C1=O. The number of benzene rings is 4. The number of nitrogens with zero attached hydrogens (tertiary/aromatic N) is 4. The van der Waals surface area contributed by atoms with E-state index in [2.05, 4.69) is 0 Å². The molecule has 10 heteroatoms. The van der Waals surface area contributed by atoms with Gasteiger partial charge in [0.25, 0.3) is 23.4 Å². The maximum atomic E-state index is 14.2. The van der Waals surface area contributed by atoms with Crippen LogP contribution in [-0.4, -0.2) is 45.5 Å². The van der Waals surface area contributed by atoms with Gasteiger partial charge in [0, 0.05) is 35.1 Å². The Morgan fingerprint density at radius 1 is 0.864 bits per heavy atom. The Hall–Kier alpha value is -5.64. The number of anilines is 2. The summed E-state index contributed by atoms with van der Waals surface area (Å²) < 4.78 is 0. The molecular weight excluding hydrogens is 560 g/mol. The van der Waals surface area contributed by atoms with Crippen molar-refractivity contribution in [3.8, 4) is 0 Å². The molecule has 0 spiro atoms. The molecule has 0 N–H and O–H groups in total. The first-order valence-corrected chi connectivity index (χ1v) is 14.2. The van der Waals surface area contributed by atoms with Crippen LogP contribution in [-0.2, 0) is 4.79 Å². The molecular formula is C34H28N4O6. The fraction of sp³-hybridized carbons (Fsp3) is 0.176. The first kappa shape index (κ1) is 28.5. The summed E-state index contributed by atoms with van der Waals surface area (Å²) in [6, 6.07) is 26.3. The first-order chi connectivity index (χ1) is 21.2. The largest absolute Gasteiger partial charge is 0.307 e. The van der Waals surface area contributed by atoms with Crippen LogP contribution >= 0.6 is 0 Å². The second-order valence-corrected chi connectivity index (χ2v) is 10.9. The number of para-hydroxylation sites is 2. The summed E-state index contributed by atoms with van der Waals surface area (Å²) in [5, 5.41) is 11.5. The van der Waals surface area contributed by atoms with Crippen molar-refractivity contribution in [1.29, 1.82) is 0 Å². The zero-order valence-corrected chi connectivity index (χ0v) is 24.0. The number of carbonyl (C=O) groups is 4. The molecule has 4 aromatic carbocycles. The van der Waals surface area contributed by atoms with Crippen LogP contribution in [0.1, 0.15) is 62.9 Å². The number of nitro benzene ring substituents is 1. The molecule has 0 unspecified atom stereocenters. The molecule has 6 rings (SSSR count). The van der Waals surface area contributed by atoms with Crippen LogP contribution in [0.2, 0.25) is 0 Å². The van der Waals surface area contributed by atoms with E-state index in [9.17, 15) is 29.3 Å². The highest BCUT2D eigenvalue weighted by atomic mass is 16.6. The highest BCUT2D eigenvalue weighted by Gasteiger charge is 2.45. The monoisotopic (exact) mass is 588 g/mol. The van der Waals surface area contributed by atoms with Gasteiger partial charge in [0.05, 0.1) is 22.1 Å². The molecule has 4 amide bonds. The van der Waals surface area contributed by atoms with Gasteiger partial charge in [-0.2, -0.15) is 0 Å². The van der Waals surface area contributed by atoms with E-state index in [-0.39, 0.29) is 22.4 Å². The van der Waals surface area contributed by atoms with Gasteiger partial charge >= 0.3 is 0 Å². The lowest BCUT2D eigenvalue weighted by molar-refractivity contribution is -0.384. The Bertz CT molecular complexity index is 1790. The maximum absolute atomic E-state index is 14.2. The maximum Gasteiger partial charge on any atom is 0.270 e. The average molecular weight is 589 g/mol. The minimum absolute atomic E-state index is 0.158. The molecule has 0 saturated heterocycles. The Labute approximate surface area is 253 Å². The number of rotatable bonds is 6. The lowest BCUT2D eigenvalue weighted by atomic mass is 9.89. The van der Waals surface area contributed by atoms with Crippen molar-refractivity contribution in [3.05, 3.63) is 135 Å². The van der Waals surface area contributed by atoms with E-state index in [0.717, 1.165) is 4.90 Å². The van der Waals surface area contributed by atoms with Gasteiger partial charge in [0.1, 0.15) is 6.04 Å². The molecule has 220 valence electrons. The highest BCUT2D eigenvalue weighted by molar-refractivity contribution is 6.23. The fourth-order valence-electron chi connectivity index (χ4n) is 6.15. The van der Waals surface area contributed by atoms with Crippen LogP contribution in [0.4, 0.5) is 17.1 Å². The summed E-state index contributed by atoms with van der Waals surface area (Å²) in [7, 11) is 0. The predicted molar refractivity (Wildman–Crippen MR) is 163 cm³/mol.